The maximum atomic E-state index is 11.0. The fourth-order valence-corrected chi connectivity index (χ4v) is 1.34. The molecule has 0 N–H and O–H groups in total. The molecule has 1 rings (SSSR count). The van der Waals surface area contributed by atoms with Gasteiger partial charge in [0.25, 0.3) is 0 Å². The van der Waals surface area contributed by atoms with E-state index in [4.69, 9.17) is 0 Å². The Kier molecular flexibility index (Phi) is 4.43. The Balaban J connectivity index is 2.39. The summed E-state index contributed by atoms with van der Waals surface area (Å²) in [6, 6.07) is 9.80. The van der Waals surface area contributed by atoms with E-state index < -0.39 is 6.10 Å². The van der Waals surface area contributed by atoms with Crippen LogP contribution in [-0.4, -0.2) is 15.7 Å². The van der Waals surface area contributed by atoms with Gasteiger partial charge in [-0.2, -0.15) is 0 Å². The van der Waals surface area contributed by atoms with E-state index in [0.717, 1.165) is 12.0 Å². The lowest BCUT2D eigenvalue weighted by atomic mass is 10.1. The van der Waals surface area contributed by atoms with Crippen LogP contribution in [0.3, 0.4) is 0 Å². The Bertz CT molecular complexity index is 291. The summed E-state index contributed by atoms with van der Waals surface area (Å²) in [6.07, 6.45) is 0.397. The maximum absolute atomic E-state index is 11.0. The van der Waals surface area contributed by atoms with E-state index >= 15 is 0 Å². The summed E-state index contributed by atoms with van der Waals surface area (Å²) in [5, 5.41) is 12.2. The number of hydrogen-bond donors (Lipinski definition) is 0. The van der Waals surface area contributed by atoms with E-state index in [1.54, 1.807) is 0 Å². The van der Waals surface area contributed by atoms with Crippen LogP contribution in [0.5, 0.6) is 0 Å². The molecule has 0 amide bonds. The van der Waals surface area contributed by atoms with Gasteiger partial charge in [-0.3, -0.25) is 0 Å². The third-order valence-corrected chi connectivity index (χ3v) is 2.18. The molecule has 1 unspecified atom stereocenters. The highest BCUT2D eigenvalue weighted by molar-refractivity contribution is 7.64. The summed E-state index contributed by atoms with van der Waals surface area (Å²) in [5.74, 6) is 0. The van der Waals surface area contributed by atoms with Gasteiger partial charge in [0.15, 0.2) is 0 Å². The lowest BCUT2D eigenvalue weighted by Gasteiger charge is -2.01. The van der Waals surface area contributed by atoms with Crippen LogP contribution < -0.4 is 0 Å². The van der Waals surface area contributed by atoms with Crippen molar-refractivity contribution >= 4 is 16.6 Å². The zero-order chi connectivity index (χ0) is 9.52. The molecule has 0 aliphatic carbocycles. The third kappa shape index (κ3) is 4.01. The van der Waals surface area contributed by atoms with Crippen LogP contribution in [-0.2, 0) is 22.8 Å². The molecule has 0 aromatic heterocycles. The molecule has 1 aromatic rings. The maximum Gasteiger partial charge on any atom is 0.124 e. The molecule has 1 aromatic carbocycles. The monoisotopic (exact) mass is 195 g/mol. The van der Waals surface area contributed by atoms with Crippen molar-refractivity contribution in [3.05, 3.63) is 35.9 Å². The quantitative estimate of drug-likeness (QED) is 0.670. The average Bonchev–Trinajstić information content (AvgIpc) is 2.17. The van der Waals surface area contributed by atoms with Crippen LogP contribution in [0.25, 0.3) is 0 Å². The molecular weight excluding hydrogens is 184 g/mol. The first-order valence-corrected chi connectivity index (χ1v) is 4.95. The molecule has 1 atom stereocenters. The summed E-state index contributed by atoms with van der Waals surface area (Å²) in [6.45, 7) is 0. The van der Waals surface area contributed by atoms with Gasteiger partial charge < -0.3 is 0 Å². The number of aryl methyl sites for hydroxylation is 1. The van der Waals surface area contributed by atoms with Gasteiger partial charge in [0, 0.05) is 5.37 Å². The zero-order valence-electron chi connectivity index (χ0n) is 7.18. The van der Waals surface area contributed by atoms with Crippen molar-refractivity contribution in [2.24, 2.45) is 0 Å². The van der Waals surface area contributed by atoms with Crippen LogP contribution in [0.4, 0.5) is 0 Å². The fraction of sp³-hybridized carbons (Fsp3) is 0.300. The summed E-state index contributed by atoms with van der Waals surface area (Å²) < 4.78 is 10.0. The second-order valence-corrected chi connectivity index (χ2v) is 3.26. The molecule has 0 saturated carbocycles. The standard InChI is InChI=1S/C10H11O2S/c11-10(8-13-12)7-6-9-4-2-1-3-5-9/h1-5,8,10H,6-7H2. The van der Waals surface area contributed by atoms with E-state index in [1.807, 2.05) is 30.3 Å². The number of benzene rings is 1. The van der Waals surface area contributed by atoms with Crippen LogP contribution in [0.2, 0.25) is 0 Å². The first-order chi connectivity index (χ1) is 6.33. The second kappa shape index (κ2) is 5.67. The largest absolute Gasteiger partial charge is 0.228 e. The van der Waals surface area contributed by atoms with Gasteiger partial charge in [0.1, 0.15) is 6.10 Å². The molecule has 2 nitrogen and oxygen atoms in total. The summed E-state index contributed by atoms with van der Waals surface area (Å²) in [5.41, 5.74) is 1.15. The minimum Gasteiger partial charge on any atom is -0.228 e. The van der Waals surface area contributed by atoms with Crippen molar-refractivity contribution in [3.63, 3.8) is 0 Å². The van der Waals surface area contributed by atoms with Crippen LogP contribution >= 0.6 is 0 Å². The first kappa shape index (κ1) is 10.2. The SMILES string of the molecule is [O]C(C=S=O)CCc1ccccc1. The Morgan fingerprint density at radius 1 is 1.31 bits per heavy atom. The zero-order valence-corrected chi connectivity index (χ0v) is 8.00. The molecule has 3 heteroatoms. The van der Waals surface area contributed by atoms with Gasteiger partial charge in [-0.15, -0.1) is 0 Å². The summed E-state index contributed by atoms with van der Waals surface area (Å²) in [4.78, 5) is 0. The predicted molar refractivity (Wildman–Crippen MR) is 53.4 cm³/mol. The molecule has 0 aliphatic heterocycles. The van der Waals surface area contributed by atoms with E-state index in [2.05, 4.69) is 0 Å². The third-order valence-electron chi connectivity index (χ3n) is 1.77. The smallest absolute Gasteiger partial charge is 0.124 e. The second-order valence-electron chi connectivity index (χ2n) is 2.80. The van der Waals surface area contributed by atoms with Gasteiger partial charge in [-0.1, -0.05) is 30.3 Å². The Hall–Kier alpha value is -0.930. The summed E-state index contributed by atoms with van der Waals surface area (Å²) >= 11 is 0.257. The Labute approximate surface area is 81.3 Å². The number of hydrogen-bond acceptors (Lipinski definition) is 1. The molecule has 1 radical (unpaired) electrons. The normalized spacial score (nSPS) is 12.1. The highest BCUT2D eigenvalue weighted by Crippen LogP contribution is 2.03. The molecule has 69 valence electrons. The van der Waals surface area contributed by atoms with Crippen LogP contribution in [0.15, 0.2) is 30.3 Å². The fourth-order valence-electron chi connectivity index (χ4n) is 1.08. The molecule has 0 saturated heterocycles. The van der Waals surface area contributed by atoms with E-state index in [0.29, 0.717) is 6.42 Å². The van der Waals surface area contributed by atoms with E-state index in [1.165, 1.54) is 5.37 Å². The van der Waals surface area contributed by atoms with Crippen LogP contribution in [0, 0.1) is 0 Å². The predicted octanol–water partition coefficient (Wildman–Crippen LogP) is 1.43. The average molecular weight is 195 g/mol. The highest BCUT2D eigenvalue weighted by atomic mass is 32.1. The van der Waals surface area contributed by atoms with Gasteiger partial charge in [-0.05, 0) is 18.4 Å². The van der Waals surface area contributed by atoms with E-state index in [9.17, 15) is 9.32 Å². The molecule has 0 spiro atoms. The Morgan fingerprint density at radius 2 is 2.00 bits per heavy atom. The molecular formula is C10H11O2S. The molecule has 0 fully saturated rings. The topological polar surface area (TPSA) is 37.0 Å². The van der Waals surface area contributed by atoms with Gasteiger partial charge >= 0.3 is 0 Å². The molecule has 0 bridgehead atoms. The minimum atomic E-state index is -0.845. The van der Waals surface area contributed by atoms with Crippen molar-refractivity contribution in [1.29, 1.82) is 0 Å². The van der Waals surface area contributed by atoms with Gasteiger partial charge in [0.05, 0.1) is 11.3 Å². The van der Waals surface area contributed by atoms with Gasteiger partial charge in [-0.25, -0.2) is 9.32 Å². The summed E-state index contributed by atoms with van der Waals surface area (Å²) in [7, 11) is 0. The lowest BCUT2D eigenvalue weighted by molar-refractivity contribution is 0.144. The first-order valence-electron chi connectivity index (χ1n) is 4.14. The van der Waals surface area contributed by atoms with E-state index in [-0.39, 0.29) is 11.3 Å². The van der Waals surface area contributed by atoms with Gasteiger partial charge in [0.2, 0.25) is 0 Å². The molecule has 0 heterocycles. The van der Waals surface area contributed by atoms with Crippen LogP contribution in [0.1, 0.15) is 12.0 Å². The van der Waals surface area contributed by atoms with Crippen molar-refractivity contribution in [3.8, 4) is 0 Å². The highest BCUT2D eigenvalue weighted by Gasteiger charge is 2.01. The number of rotatable bonds is 4. The Morgan fingerprint density at radius 3 is 2.62 bits per heavy atom. The molecule has 0 aliphatic rings. The lowest BCUT2D eigenvalue weighted by Crippen LogP contribution is -2.07. The van der Waals surface area contributed by atoms with Crippen molar-refractivity contribution < 1.29 is 9.32 Å². The van der Waals surface area contributed by atoms with Crippen molar-refractivity contribution in [2.75, 3.05) is 0 Å². The molecule has 13 heavy (non-hydrogen) atoms. The van der Waals surface area contributed by atoms with Crippen molar-refractivity contribution in [1.82, 2.24) is 0 Å². The minimum absolute atomic E-state index is 0.257. The van der Waals surface area contributed by atoms with Crippen molar-refractivity contribution in [2.45, 2.75) is 18.9 Å².